The van der Waals surface area contributed by atoms with Crippen LogP contribution in [0.25, 0.3) is 0 Å². The molecule has 1 amide bonds. The number of nitrogens with one attached hydrogen (secondary N) is 1. The molecule has 18 heavy (non-hydrogen) atoms. The number of carbonyl (C=O) groups excluding carboxylic acids is 1. The molecule has 3 N–H and O–H groups in total. The summed E-state index contributed by atoms with van der Waals surface area (Å²) in [4.78, 5) is 16.1. The third kappa shape index (κ3) is 2.87. The maximum atomic E-state index is 12.2. The minimum Gasteiger partial charge on any atom is -0.355 e. The van der Waals surface area contributed by atoms with Crippen LogP contribution >= 0.6 is 0 Å². The molecule has 100 valence electrons. The number of hydrogen-bond acceptors (Lipinski definition) is 5. The van der Waals surface area contributed by atoms with Gasteiger partial charge in [0.1, 0.15) is 0 Å². The molecule has 0 radical (unpaired) electrons. The highest BCUT2D eigenvalue weighted by Gasteiger charge is 2.37. The average molecular weight is 252 g/mol. The van der Waals surface area contributed by atoms with Crippen molar-refractivity contribution in [2.24, 2.45) is 11.1 Å². The van der Waals surface area contributed by atoms with Crippen molar-refractivity contribution in [1.29, 1.82) is 0 Å². The van der Waals surface area contributed by atoms with Gasteiger partial charge in [0, 0.05) is 19.5 Å². The van der Waals surface area contributed by atoms with E-state index in [-0.39, 0.29) is 11.3 Å². The Morgan fingerprint density at radius 1 is 1.44 bits per heavy atom. The first-order valence-electron chi connectivity index (χ1n) is 6.51. The van der Waals surface area contributed by atoms with E-state index >= 15 is 0 Å². The molecule has 6 heteroatoms. The Morgan fingerprint density at radius 2 is 2.22 bits per heavy atom. The van der Waals surface area contributed by atoms with Crippen LogP contribution in [-0.4, -0.2) is 29.1 Å². The van der Waals surface area contributed by atoms with E-state index in [2.05, 4.69) is 15.5 Å². The molecule has 1 heterocycles. The zero-order valence-electron chi connectivity index (χ0n) is 10.5. The second-order valence-electron chi connectivity index (χ2n) is 4.89. The van der Waals surface area contributed by atoms with E-state index < -0.39 is 0 Å². The van der Waals surface area contributed by atoms with Gasteiger partial charge in [0.25, 0.3) is 0 Å². The maximum absolute atomic E-state index is 12.2. The van der Waals surface area contributed by atoms with Crippen molar-refractivity contribution < 1.29 is 9.32 Å². The highest BCUT2D eigenvalue weighted by atomic mass is 16.5. The lowest BCUT2D eigenvalue weighted by Crippen LogP contribution is -2.47. The molecule has 0 aliphatic heterocycles. The van der Waals surface area contributed by atoms with Crippen LogP contribution in [0, 0.1) is 5.41 Å². The summed E-state index contributed by atoms with van der Waals surface area (Å²) < 4.78 is 4.88. The Hall–Kier alpha value is -1.43. The predicted octanol–water partition coefficient (Wildman–Crippen LogP) is 0.637. The summed E-state index contributed by atoms with van der Waals surface area (Å²) >= 11 is 0. The van der Waals surface area contributed by atoms with Crippen LogP contribution < -0.4 is 11.1 Å². The van der Waals surface area contributed by atoms with Gasteiger partial charge in [-0.1, -0.05) is 24.4 Å². The van der Waals surface area contributed by atoms with E-state index in [1.807, 2.05) is 0 Å². The number of aromatic nitrogens is 2. The molecule has 1 aromatic rings. The van der Waals surface area contributed by atoms with Gasteiger partial charge in [-0.2, -0.15) is 4.98 Å². The largest absolute Gasteiger partial charge is 0.355 e. The minimum atomic E-state index is -0.354. The Morgan fingerprint density at radius 3 is 2.83 bits per heavy atom. The summed E-state index contributed by atoms with van der Waals surface area (Å²) in [7, 11) is 0. The molecule has 1 aromatic heterocycles. The Kier molecular flexibility index (Phi) is 4.30. The zero-order valence-corrected chi connectivity index (χ0v) is 10.5. The first-order valence-corrected chi connectivity index (χ1v) is 6.51. The standard InChI is InChI=1S/C12H20N4O2/c13-8-12(5-2-1-3-6-12)11(17)14-7-4-10-15-9-16-18-10/h9H,1-8,13H2,(H,14,17). The fraction of sp³-hybridized carbons (Fsp3) is 0.750. The van der Waals surface area contributed by atoms with Crippen LogP contribution in [0.3, 0.4) is 0 Å². The number of nitrogens with two attached hydrogens (primary N) is 1. The van der Waals surface area contributed by atoms with Gasteiger partial charge in [0.15, 0.2) is 6.33 Å². The van der Waals surface area contributed by atoms with Crippen molar-refractivity contribution >= 4 is 5.91 Å². The molecule has 1 aliphatic rings. The van der Waals surface area contributed by atoms with Crippen molar-refractivity contribution in [1.82, 2.24) is 15.5 Å². The normalized spacial score (nSPS) is 18.5. The Labute approximate surface area is 106 Å². The third-order valence-electron chi connectivity index (χ3n) is 3.71. The van der Waals surface area contributed by atoms with Gasteiger partial charge in [-0.25, -0.2) is 0 Å². The molecule has 1 saturated carbocycles. The summed E-state index contributed by atoms with van der Waals surface area (Å²) in [6, 6.07) is 0. The maximum Gasteiger partial charge on any atom is 0.228 e. The fourth-order valence-electron chi connectivity index (χ4n) is 2.53. The van der Waals surface area contributed by atoms with Crippen LogP contribution in [0.15, 0.2) is 10.9 Å². The first kappa shape index (κ1) is 13.0. The first-order chi connectivity index (χ1) is 8.77. The van der Waals surface area contributed by atoms with Crippen molar-refractivity contribution in [2.75, 3.05) is 13.1 Å². The number of carbonyl (C=O) groups is 1. The van der Waals surface area contributed by atoms with Crippen LogP contribution in [0.1, 0.15) is 38.0 Å². The number of hydrogen-bond donors (Lipinski definition) is 2. The highest BCUT2D eigenvalue weighted by Crippen LogP contribution is 2.35. The van der Waals surface area contributed by atoms with Crippen molar-refractivity contribution in [3.63, 3.8) is 0 Å². The zero-order chi connectivity index (χ0) is 12.8. The van der Waals surface area contributed by atoms with Crippen LogP contribution in [0.2, 0.25) is 0 Å². The molecule has 2 rings (SSSR count). The minimum absolute atomic E-state index is 0.0733. The summed E-state index contributed by atoms with van der Waals surface area (Å²) in [6.07, 6.45) is 7.11. The van der Waals surface area contributed by atoms with Gasteiger partial charge in [-0.3, -0.25) is 4.79 Å². The SMILES string of the molecule is NCC1(C(=O)NCCc2ncno2)CCCCC1. The van der Waals surface area contributed by atoms with Gasteiger partial charge in [-0.05, 0) is 12.8 Å². The van der Waals surface area contributed by atoms with Crippen molar-refractivity contribution in [2.45, 2.75) is 38.5 Å². The molecule has 0 saturated heterocycles. The van der Waals surface area contributed by atoms with E-state index in [1.165, 1.54) is 12.7 Å². The van der Waals surface area contributed by atoms with E-state index in [0.717, 1.165) is 25.7 Å². The highest BCUT2D eigenvalue weighted by molar-refractivity contribution is 5.83. The van der Waals surface area contributed by atoms with Gasteiger partial charge in [0.05, 0.1) is 5.41 Å². The van der Waals surface area contributed by atoms with Gasteiger partial charge in [-0.15, -0.1) is 0 Å². The third-order valence-corrected chi connectivity index (χ3v) is 3.71. The summed E-state index contributed by atoms with van der Waals surface area (Å²) in [5.74, 6) is 0.616. The van der Waals surface area contributed by atoms with E-state index in [1.54, 1.807) is 0 Å². The van der Waals surface area contributed by atoms with E-state index in [9.17, 15) is 4.79 Å². The lowest BCUT2D eigenvalue weighted by molar-refractivity contribution is -0.132. The van der Waals surface area contributed by atoms with Crippen LogP contribution in [0.5, 0.6) is 0 Å². The molecular formula is C12H20N4O2. The molecular weight excluding hydrogens is 232 g/mol. The van der Waals surface area contributed by atoms with E-state index in [0.29, 0.717) is 25.4 Å². The lowest BCUT2D eigenvalue weighted by Gasteiger charge is -2.34. The molecule has 0 unspecified atom stereocenters. The second kappa shape index (κ2) is 5.95. The smallest absolute Gasteiger partial charge is 0.228 e. The Bertz CT molecular complexity index is 371. The molecule has 0 spiro atoms. The molecule has 0 atom stereocenters. The van der Waals surface area contributed by atoms with Crippen LogP contribution in [-0.2, 0) is 11.2 Å². The molecule has 6 nitrogen and oxygen atoms in total. The van der Waals surface area contributed by atoms with Crippen molar-refractivity contribution in [3.05, 3.63) is 12.2 Å². The quantitative estimate of drug-likeness (QED) is 0.802. The summed E-state index contributed by atoms with van der Waals surface area (Å²) in [5, 5.41) is 6.46. The number of rotatable bonds is 5. The van der Waals surface area contributed by atoms with Gasteiger partial charge >= 0.3 is 0 Å². The second-order valence-corrected chi connectivity index (χ2v) is 4.89. The molecule has 0 bridgehead atoms. The Balaban J connectivity index is 1.82. The topological polar surface area (TPSA) is 94.0 Å². The average Bonchev–Trinajstić information content (AvgIpc) is 2.92. The van der Waals surface area contributed by atoms with Crippen LogP contribution in [0.4, 0.5) is 0 Å². The van der Waals surface area contributed by atoms with Crippen molar-refractivity contribution in [3.8, 4) is 0 Å². The monoisotopic (exact) mass is 252 g/mol. The molecule has 0 aromatic carbocycles. The van der Waals surface area contributed by atoms with Gasteiger partial charge < -0.3 is 15.6 Å². The predicted molar refractivity (Wildman–Crippen MR) is 65.6 cm³/mol. The number of nitrogens with zero attached hydrogens (tertiary/aromatic N) is 2. The summed E-state index contributed by atoms with van der Waals surface area (Å²) in [6.45, 7) is 0.947. The fourth-order valence-corrected chi connectivity index (χ4v) is 2.53. The molecule has 1 fully saturated rings. The lowest BCUT2D eigenvalue weighted by atomic mass is 9.73. The van der Waals surface area contributed by atoms with Gasteiger partial charge in [0.2, 0.25) is 11.8 Å². The molecule has 1 aliphatic carbocycles. The van der Waals surface area contributed by atoms with E-state index in [4.69, 9.17) is 10.3 Å². The summed E-state index contributed by atoms with van der Waals surface area (Å²) in [5.41, 5.74) is 5.45. The number of amides is 1.